The highest BCUT2D eigenvalue weighted by Crippen LogP contribution is 2.48. The Morgan fingerprint density at radius 1 is 1.44 bits per heavy atom. The molecule has 130 valence electrons. The largest absolute Gasteiger partial charge is 0.493 e. The van der Waals surface area contributed by atoms with E-state index in [9.17, 15) is 9.18 Å². The summed E-state index contributed by atoms with van der Waals surface area (Å²) >= 11 is 0. The summed E-state index contributed by atoms with van der Waals surface area (Å²) in [5.41, 5.74) is 1.26. The Labute approximate surface area is 145 Å². The number of amides is 1. The first kappa shape index (κ1) is 16.0. The second-order valence-electron chi connectivity index (χ2n) is 6.52. The molecule has 2 aliphatic rings. The van der Waals surface area contributed by atoms with Gasteiger partial charge in [-0.3, -0.25) is 9.78 Å². The summed E-state index contributed by atoms with van der Waals surface area (Å²) in [6.45, 7) is 1.58. The van der Waals surface area contributed by atoms with Gasteiger partial charge in [-0.1, -0.05) is 0 Å². The molecule has 1 amide bonds. The molecule has 4 rings (SSSR count). The van der Waals surface area contributed by atoms with Crippen LogP contribution in [0.5, 0.6) is 5.75 Å². The molecule has 0 bridgehead atoms. The number of pyridine rings is 1. The highest BCUT2D eigenvalue weighted by molar-refractivity contribution is 5.94. The van der Waals surface area contributed by atoms with Gasteiger partial charge in [0.05, 0.1) is 24.8 Å². The number of carbonyl (C=O) groups excluding carboxylic acids is 1. The van der Waals surface area contributed by atoms with Crippen molar-refractivity contribution in [3.63, 3.8) is 0 Å². The number of halogens is 1. The molecule has 1 fully saturated rings. The normalized spacial score (nSPS) is 24.4. The van der Waals surface area contributed by atoms with Crippen molar-refractivity contribution in [2.24, 2.45) is 11.8 Å². The molecule has 2 aliphatic heterocycles. The van der Waals surface area contributed by atoms with Crippen molar-refractivity contribution in [3.05, 3.63) is 59.7 Å². The zero-order valence-electron chi connectivity index (χ0n) is 13.9. The Balaban J connectivity index is 1.75. The minimum Gasteiger partial charge on any atom is -0.493 e. The first-order chi connectivity index (χ1) is 12.2. The summed E-state index contributed by atoms with van der Waals surface area (Å²) in [5.74, 6) is 0.442. The molecule has 1 saturated heterocycles. The van der Waals surface area contributed by atoms with E-state index < -0.39 is 0 Å². The summed E-state index contributed by atoms with van der Waals surface area (Å²) in [6, 6.07) is 7.77. The second kappa shape index (κ2) is 6.44. The standard InChI is InChI=1S/C19H19FN2O3/c1-24-10-13-9-22(19(23)12-3-2-6-21-8-12)18-15-7-14(20)4-5-17(15)25-11-16(13)18/h2-8,13,16,18H,9-11H2,1H3/t13-,16-,18-/m0/s1. The van der Waals surface area contributed by atoms with E-state index in [-0.39, 0.29) is 29.6 Å². The van der Waals surface area contributed by atoms with E-state index >= 15 is 0 Å². The number of hydrogen-bond donors (Lipinski definition) is 0. The van der Waals surface area contributed by atoms with Crippen molar-refractivity contribution in [2.75, 3.05) is 26.9 Å². The molecular weight excluding hydrogens is 323 g/mol. The lowest BCUT2D eigenvalue weighted by Gasteiger charge is -2.34. The van der Waals surface area contributed by atoms with E-state index in [2.05, 4.69) is 4.98 Å². The first-order valence-corrected chi connectivity index (χ1v) is 8.31. The Bertz CT molecular complexity index is 783. The van der Waals surface area contributed by atoms with E-state index in [0.29, 0.717) is 31.1 Å². The van der Waals surface area contributed by atoms with E-state index in [1.54, 1.807) is 37.7 Å². The van der Waals surface area contributed by atoms with Gasteiger partial charge in [-0.15, -0.1) is 0 Å². The summed E-state index contributed by atoms with van der Waals surface area (Å²) in [4.78, 5) is 18.9. The number of nitrogens with zero attached hydrogens (tertiary/aromatic N) is 2. The highest BCUT2D eigenvalue weighted by atomic mass is 19.1. The summed E-state index contributed by atoms with van der Waals surface area (Å²) < 4.78 is 25.0. The third kappa shape index (κ3) is 2.76. The summed E-state index contributed by atoms with van der Waals surface area (Å²) in [7, 11) is 1.65. The number of methoxy groups -OCH3 is 1. The fraction of sp³-hybridized carbons (Fsp3) is 0.368. The maximum atomic E-state index is 13.9. The molecule has 3 atom stereocenters. The lowest BCUT2D eigenvalue weighted by molar-refractivity contribution is 0.0671. The molecule has 2 aromatic rings. The average molecular weight is 342 g/mol. The van der Waals surface area contributed by atoms with Gasteiger partial charge in [-0.05, 0) is 30.3 Å². The maximum absolute atomic E-state index is 13.9. The molecule has 0 N–H and O–H groups in total. The van der Waals surface area contributed by atoms with Gasteiger partial charge in [0.25, 0.3) is 5.91 Å². The maximum Gasteiger partial charge on any atom is 0.255 e. The third-order valence-corrected chi connectivity index (χ3v) is 5.05. The van der Waals surface area contributed by atoms with Crippen LogP contribution in [0.25, 0.3) is 0 Å². The molecule has 1 aromatic heterocycles. The Hall–Kier alpha value is -2.47. The Morgan fingerprint density at radius 3 is 3.08 bits per heavy atom. The minimum atomic E-state index is -0.327. The molecule has 3 heterocycles. The van der Waals surface area contributed by atoms with Crippen molar-refractivity contribution in [3.8, 4) is 5.75 Å². The highest BCUT2D eigenvalue weighted by Gasteiger charge is 2.48. The molecule has 25 heavy (non-hydrogen) atoms. The molecule has 0 saturated carbocycles. The van der Waals surface area contributed by atoms with Crippen LogP contribution >= 0.6 is 0 Å². The van der Waals surface area contributed by atoms with E-state index in [4.69, 9.17) is 9.47 Å². The number of rotatable bonds is 3. The van der Waals surface area contributed by atoms with Gasteiger partial charge in [-0.2, -0.15) is 0 Å². The van der Waals surface area contributed by atoms with Crippen LogP contribution in [0, 0.1) is 17.7 Å². The SMILES string of the molecule is COC[C@@H]1CN(C(=O)c2cccnc2)[C@H]2c3cc(F)ccc3OC[C@@H]12. The van der Waals surface area contributed by atoms with E-state index in [1.807, 2.05) is 4.90 Å². The number of fused-ring (bicyclic) bond motifs is 3. The van der Waals surface area contributed by atoms with Gasteiger partial charge in [0, 0.05) is 43.4 Å². The molecule has 0 aliphatic carbocycles. The average Bonchev–Trinajstić information content (AvgIpc) is 3.01. The predicted molar refractivity (Wildman–Crippen MR) is 88.8 cm³/mol. The molecule has 0 unspecified atom stereocenters. The second-order valence-corrected chi connectivity index (χ2v) is 6.52. The van der Waals surface area contributed by atoms with Crippen LogP contribution in [-0.2, 0) is 4.74 Å². The van der Waals surface area contributed by atoms with Gasteiger partial charge in [-0.25, -0.2) is 4.39 Å². The Kier molecular flexibility index (Phi) is 4.13. The Morgan fingerprint density at radius 2 is 2.32 bits per heavy atom. The van der Waals surface area contributed by atoms with Crippen molar-refractivity contribution >= 4 is 5.91 Å². The van der Waals surface area contributed by atoms with Crippen molar-refractivity contribution in [1.82, 2.24) is 9.88 Å². The molecular formula is C19H19FN2O3. The summed E-state index contributed by atoms with van der Waals surface area (Å²) in [6.07, 6.45) is 3.20. The molecule has 0 spiro atoms. The fourth-order valence-electron chi connectivity index (χ4n) is 3.94. The van der Waals surface area contributed by atoms with Gasteiger partial charge < -0.3 is 14.4 Å². The number of ether oxygens (including phenoxy) is 2. The molecule has 0 radical (unpaired) electrons. The van der Waals surface area contributed by atoms with Crippen LogP contribution in [0.15, 0.2) is 42.7 Å². The predicted octanol–water partition coefficient (Wildman–Crippen LogP) is 2.69. The number of likely N-dealkylation sites (tertiary alicyclic amines) is 1. The lowest BCUT2D eigenvalue weighted by Crippen LogP contribution is -2.35. The van der Waals surface area contributed by atoms with Crippen molar-refractivity contribution in [2.45, 2.75) is 6.04 Å². The monoisotopic (exact) mass is 342 g/mol. The van der Waals surface area contributed by atoms with Crippen LogP contribution in [0.3, 0.4) is 0 Å². The van der Waals surface area contributed by atoms with Crippen LogP contribution < -0.4 is 4.74 Å². The number of benzene rings is 1. The number of aromatic nitrogens is 1. The van der Waals surface area contributed by atoms with Crippen LogP contribution in [0.2, 0.25) is 0 Å². The van der Waals surface area contributed by atoms with Gasteiger partial charge in [0.2, 0.25) is 0 Å². The number of hydrogen-bond acceptors (Lipinski definition) is 4. The van der Waals surface area contributed by atoms with E-state index in [1.165, 1.54) is 12.1 Å². The number of carbonyl (C=O) groups is 1. The van der Waals surface area contributed by atoms with E-state index in [0.717, 1.165) is 5.56 Å². The molecule has 5 nitrogen and oxygen atoms in total. The van der Waals surface area contributed by atoms with Gasteiger partial charge in [0.15, 0.2) is 0 Å². The van der Waals surface area contributed by atoms with Crippen molar-refractivity contribution < 1.29 is 18.7 Å². The van der Waals surface area contributed by atoms with Crippen molar-refractivity contribution in [1.29, 1.82) is 0 Å². The fourth-order valence-corrected chi connectivity index (χ4v) is 3.94. The first-order valence-electron chi connectivity index (χ1n) is 8.31. The quantitative estimate of drug-likeness (QED) is 0.861. The van der Waals surface area contributed by atoms with Gasteiger partial charge >= 0.3 is 0 Å². The van der Waals surface area contributed by atoms with Crippen LogP contribution in [-0.4, -0.2) is 42.7 Å². The van der Waals surface area contributed by atoms with Crippen LogP contribution in [0.1, 0.15) is 22.0 Å². The third-order valence-electron chi connectivity index (χ3n) is 5.05. The van der Waals surface area contributed by atoms with Gasteiger partial charge in [0.1, 0.15) is 11.6 Å². The zero-order chi connectivity index (χ0) is 17.4. The topological polar surface area (TPSA) is 51.7 Å². The molecule has 1 aromatic carbocycles. The summed E-state index contributed by atoms with van der Waals surface area (Å²) in [5, 5.41) is 0. The lowest BCUT2D eigenvalue weighted by atomic mass is 9.85. The minimum absolute atomic E-state index is 0.0786. The van der Waals surface area contributed by atoms with Crippen LogP contribution in [0.4, 0.5) is 4.39 Å². The molecule has 6 heteroatoms. The zero-order valence-corrected chi connectivity index (χ0v) is 13.9. The smallest absolute Gasteiger partial charge is 0.255 e.